The number of amides is 1. The highest BCUT2D eigenvalue weighted by Gasteiger charge is 2.27. The maximum absolute atomic E-state index is 12.3. The van der Waals surface area contributed by atoms with Crippen LogP contribution < -0.4 is 5.32 Å². The van der Waals surface area contributed by atoms with Crippen molar-refractivity contribution in [2.75, 3.05) is 39.8 Å². The Morgan fingerprint density at radius 2 is 2.10 bits per heavy atom. The number of hydrogen-bond acceptors (Lipinski definition) is 5. The topological polar surface area (TPSA) is 87.5 Å². The third-order valence-corrected chi connectivity index (χ3v) is 5.16. The van der Waals surface area contributed by atoms with Gasteiger partial charge >= 0.3 is 0 Å². The summed E-state index contributed by atoms with van der Waals surface area (Å²) >= 11 is 0. The van der Waals surface area contributed by atoms with Crippen LogP contribution in [0.15, 0.2) is 17.3 Å². The first-order chi connectivity index (χ1) is 9.43. The molecule has 0 aromatic carbocycles. The van der Waals surface area contributed by atoms with E-state index in [4.69, 9.17) is 0 Å². The average Bonchev–Trinajstić information content (AvgIpc) is 2.86. The van der Waals surface area contributed by atoms with Crippen molar-refractivity contribution < 1.29 is 13.2 Å². The molecule has 0 unspecified atom stereocenters. The summed E-state index contributed by atoms with van der Waals surface area (Å²) in [6, 6.07) is 1.42. The molecule has 0 atom stereocenters. The number of rotatable bonds is 4. The van der Waals surface area contributed by atoms with Crippen LogP contribution in [0.1, 0.15) is 0 Å². The molecule has 1 amide bonds. The van der Waals surface area contributed by atoms with Crippen molar-refractivity contribution in [1.82, 2.24) is 24.3 Å². The van der Waals surface area contributed by atoms with E-state index in [0.717, 1.165) is 17.4 Å². The number of carbonyl (C=O) groups excluding carboxylic acids is 1. The molecule has 0 spiro atoms. The van der Waals surface area contributed by atoms with Crippen molar-refractivity contribution >= 4 is 15.9 Å². The van der Waals surface area contributed by atoms with Gasteiger partial charge in [0.2, 0.25) is 5.91 Å². The fourth-order valence-electron chi connectivity index (χ4n) is 2.06. The van der Waals surface area contributed by atoms with Crippen LogP contribution in [0.25, 0.3) is 0 Å². The highest BCUT2D eigenvalue weighted by Crippen LogP contribution is 2.12. The molecule has 112 valence electrons. The van der Waals surface area contributed by atoms with Gasteiger partial charge in [0.25, 0.3) is 10.0 Å². The molecule has 1 aliphatic heterocycles. The number of aryl methyl sites for hydroxylation is 1. The van der Waals surface area contributed by atoms with Crippen LogP contribution in [0, 0.1) is 0 Å². The van der Waals surface area contributed by atoms with Crippen molar-refractivity contribution in [3.63, 3.8) is 0 Å². The normalized spacial score (nSPS) is 16.6. The van der Waals surface area contributed by atoms with Gasteiger partial charge in [-0.15, -0.1) is 0 Å². The summed E-state index contributed by atoms with van der Waals surface area (Å²) in [4.78, 5) is 13.8. The van der Waals surface area contributed by atoms with Gasteiger partial charge in [0.15, 0.2) is 5.03 Å². The molecular formula is C11H19N5O3S. The second-order valence-corrected chi connectivity index (χ2v) is 6.68. The van der Waals surface area contributed by atoms with E-state index in [0.29, 0.717) is 13.1 Å². The van der Waals surface area contributed by atoms with Crippen LogP contribution in [0.2, 0.25) is 0 Å². The zero-order chi connectivity index (χ0) is 14.8. The number of sulfonamides is 1. The maximum Gasteiger partial charge on any atom is 0.260 e. The van der Waals surface area contributed by atoms with Crippen molar-refractivity contribution in [3.8, 4) is 0 Å². The molecule has 20 heavy (non-hydrogen) atoms. The predicted octanol–water partition coefficient (Wildman–Crippen LogP) is -1.53. The van der Waals surface area contributed by atoms with Crippen molar-refractivity contribution in [1.29, 1.82) is 0 Å². The first kappa shape index (κ1) is 14.9. The maximum atomic E-state index is 12.3. The van der Waals surface area contributed by atoms with Crippen molar-refractivity contribution in [2.45, 2.75) is 5.03 Å². The predicted molar refractivity (Wildman–Crippen MR) is 72.5 cm³/mol. The molecule has 0 radical (unpaired) electrons. The number of hydrogen-bond donors (Lipinski definition) is 1. The van der Waals surface area contributed by atoms with Gasteiger partial charge < -0.3 is 10.2 Å². The number of nitrogens with one attached hydrogen (secondary N) is 1. The highest BCUT2D eigenvalue weighted by atomic mass is 32.2. The minimum atomic E-state index is -3.69. The highest BCUT2D eigenvalue weighted by molar-refractivity contribution is 7.89. The molecule has 1 aromatic rings. The van der Waals surface area contributed by atoms with E-state index in [-0.39, 0.29) is 17.5 Å². The van der Waals surface area contributed by atoms with Gasteiger partial charge in [-0.05, 0) is 6.07 Å². The molecule has 8 nitrogen and oxygen atoms in total. The number of piperazine rings is 1. The molecule has 1 aromatic heterocycles. The van der Waals surface area contributed by atoms with Gasteiger partial charge in [-0.2, -0.15) is 9.40 Å². The molecule has 1 aliphatic rings. The fourth-order valence-corrected chi connectivity index (χ4v) is 3.28. The lowest BCUT2D eigenvalue weighted by molar-refractivity contribution is -0.131. The molecule has 2 heterocycles. The Hall–Kier alpha value is -1.45. The Bertz CT molecular complexity index is 577. The van der Waals surface area contributed by atoms with Gasteiger partial charge in [0, 0.05) is 40.3 Å². The van der Waals surface area contributed by atoms with E-state index >= 15 is 0 Å². The van der Waals surface area contributed by atoms with Gasteiger partial charge in [-0.3, -0.25) is 9.48 Å². The van der Waals surface area contributed by atoms with Crippen molar-refractivity contribution in [2.24, 2.45) is 7.05 Å². The third-order valence-electron chi connectivity index (χ3n) is 3.28. The summed E-state index contributed by atoms with van der Waals surface area (Å²) in [5.41, 5.74) is 0. The molecule has 1 saturated heterocycles. The zero-order valence-corrected chi connectivity index (χ0v) is 12.4. The van der Waals surface area contributed by atoms with E-state index in [1.165, 1.54) is 24.0 Å². The van der Waals surface area contributed by atoms with Crippen LogP contribution in [0.4, 0.5) is 0 Å². The number of carbonyl (C=O) groups is 1. The van der Waals surface area contributed by atoms with Crippen LogP contribution in [-0.4, -0.2) is 73.1 Å². The summed E-state index contributed by atoms with van der Waals surface area (Å²) in [7, 11) is -0.730. The lowest BCUT2D eigenvalue weighted by atomic mass is 10.3. The second-order valence-electron chi connectivity index (χ2n) is 4.68. The van der Waals surface area contributed by atoms with Crippen LogP contribution in [0.5, 0.6) is 0 Å². The largest absolute Gasteiger partial charge is 0.339 e. The standard InChI is InChI=1S/C11H19N5O3S/c1-14(9-10(17)16-7-5-12-6-8-16)20(18,19)11-3-4-13-15(11)2/h3-4,12H,5-9H2,1-2H3. The number of nitrogens with zero attached hydrogens (tertiary/aromatic N) is 4. The summed E-state index contributed by atoms with van der Waals surface area (Å²) < 4.78 is 27.0. The Morgan fingerprint density at radius 3 is 2.65 bits per heavy atom. The van der Waals surface area contributed by atoms with Crippen LogP contribution in [-0.2, 0) is 21.9 Å². The molecule has 9 heteroatoms. The van der Waals surface area contributed by atoms with Gasteiger partial charge in [-0.1, -0.05) is 0 Å². The molecule has 1 fully saturated rings. The zero-order valence-electron chi connectivity index (χ0n) is 11.6. The molecule has 1 N–H and O–H groups in total. The summed E-state index contributed by atoms with van der Waals surface area (Å²) in [6.07, 6.45) is 1.42. The van der Waals surface area contributed by atoms with E-state index in [1.807, 2.05) is 0 Å². The Balaban J connectivity index is 2.06. The van der Waals surface area contributed by atoms with Crippen molar-refractivity contribution in [3.05, 3.63) is 12.3 Å². The second kappa shape index (κ2) is 5.90. The van der Waals surface area contributed by atoms with E-state index < -0.39 is 10.0 Å². The molecule has 0 aliphatic carbocycles. The minimum Gasteiger partial charge on any atom is -0.339 e. The number of likely N-dealkylation sites (N-methyl/N-ethyl adjacent to an activating group) is 1. The Kier molecular flexibility index (Phi) is 4.41. The Morgan fingerprint density at radius 1 is 1.45 bits per heavy atom. The fraction of sp³-hybridized carbons (Fsp3) is 0.636. The average molecular weight is 301 g/mol. The summed E-state index contributed by atoms with van der Waals surface area (Å²) in [5, 5.41) is 7.06. The molecule has 0 saturated carbocycles. The molecule has 2 rings (SSSR count). The van der Waals surface area contributed by atoms with E-state index in [9.17, 15) is 13.2 Å². The third kappa shape index (κ3) is 3.00. The summed E-state index contributed by atoms with van der Waals surface area (Å²) in [5.74, 6) is -0.181. The lowest BCUT2D eigenvalue weighted by Crippen LogP contribution is -2.49. The first-order valence-corrected chi connectivity index (χ1v) is 7.80. The monoisotopic (exact) mass is 301 g/mol. The van der Waals surface area contributed by atoms with Gasteiger partial charge in [0.1, 0.15) is 0 Å². The SMILES string of the molecule is CN(CC(=O)N1CCNCC1)S(=O)(=O)c1ccnn1C. The summed E-state index contributed by atoms with van der Waals surface area (Å²) in [6.45, 7) is 2.54. The quantitative estimate of drug-likeness (QED) is 0.729. The Labute approximate surface area is 118 Å². The minimum absolute atomic E-state index is 0.0770. The van der Waals surface area contributed by atoms with Gasteiger partial charge in [0.05, 0.1) is 12.7 Å². The van der Waals surface area contributed by atoms with E-state index in [1.54, 1.807) is 11.9 Å². The van der Waals surface area contributed by atoms with Crippen LogP contribution >= 0.6 is 0 Å². The van der Waals surface area contributed by atoms with Gasteiger partial charge in [-0.25, -0.2) is 8.42 Å². The first-order valence-electron chi connectivity index (χ1n) is 6.36. The molecular weight excluding hydrogens is 282 g/mol. The lowest BCUT2D eigenvalue weighted by Gasteiger charge is -2.29. The smallest absolute Gasteiger partial charge is 0.260 e. The van der Waals surface area contributed by atoms with E-state index in [2.05, 4.69) is 10.4 Å². The number of aromatic nitrogens is 2. The molecule has 0 bridgehead atoms. The van der Waals surface area contributed by atoms with Crippen LogP contribution in [0.3, 0.4) is 0 Å².